The van der Waals surface area contributed by atoms with Crippen molar-refractivity contribution in [1.29, 1.82) is 0 Å². The fourth-order valence-electron chi connectivity index (χ4n) is 0.737. The highest BCUT2D eigenvalue weighted by atomic mass is 32.2. The second-order valence-corrected chi connectivity index (χ2v) is 5.39. The molecule has 0 atom stereocenters. The first-order chi connectivity index (χ1) is 7.56. The number of hydrogen-bond donors (Lipinski definition) is 0. The highest BCUT2D eigenvalue weighted by Crippen LogP contribution is 2.54. The average Bonchev–Trinajstić information content (AvgIpc) is 2.15. The molecular weight excluding hydrogens is 307 g/mol. The van der Waals surface area contributed by atoms with Gasteiger partial charge in [-0.2, -0.15) is 39.5 Å². The lowest BCUT2D eigenvalue weighted by Gasteiger charge is -2.32. The van der Waals surface area contributed by atoms with Gasteiger partial charge >= 0.3 is 23.3 Å². The van der Waals surface area contributed by atoms with Crippen molar-refractivity contribution in [3.63, 3.8) is 0 Å². The smallest absolute Gasteiger partial charge is 0.222 e. The summed E-state index contributed by atoms with van der Waals surface area (Å²) in [6.07, 6.45) is -7.02. The van der Waals surface area contributed by atoms with Crippen LogP contribution in [0.2, 0.25) is 0 Å². The molecule has 12 heteroatoms. The summed E-state index contributed by atoms with van der Waals surface area (Å²) in [5.41, 5.74) is 0. The first-order valence-corrected chi connectivity index (χ1v) is 5.64. The molecule has 0 aliphatic heterocycles. The quantitative estimate of drug-likeness (QED) is 0.748. The van der Waals surface area contributed by atoms with Gasteiger partial charge in [-0.1, -0.05) is 6.92 Å². The van der Waals surface area contributed by atoms with E-state index < -0.39 is 38.9 Å². The molecule has 0 N–H and O–H groups in total. The molecule has 110 valence electrons. The normalized spacial score (nSPS) is 15.9. The van der Waals surface area contributed by atoms with Gasteiger partial charge in [0.2, 0.25) is 9.84 Å². The zero-order valence-electron chi connectivity index (χ0n) is 8.33. The van der Waals surface area contributed by atoms with Crippen LogP contribution in [0.5, 0.6) is 0 Å². The van der Waals surface area contributed by atoms with Crippen LogP contribution in [0.25, 0.3) is 0 Å². The van der Waals surface area contributed by atoms with Crippen molar-refractivity contribution in [1.82, 2.24) is 0 Å². The van der Waals surface area contributed by atoms with Crippen LogP contribution in [0.15, 0.2) is 0 Å². The van der Waals surface area contributed by atoms with E-state index in [1.807, 2.05) is 0 Å². The minimum absolute atomic E-state index is 0.394. The number of hydrogen-bond acceptors (Lipinski definition) is 2. The third-order valence-electron chi connectivity index (χ3n) is 1.89. The molecule has 0 rings (SSSR count). The molecule has 0 radical (unpaired) electrons. The number of rotatable bonds is 4. The van der Waals surface area contributed by atoms with Gasteiger partial charge in [-0.05, 0) is 0 Å². The molecule has 0 heterocycles. The van der Waals surface area contributed by atoms with E-state index in [1.165, 1.54) is 0 Å². The molecule has 2 nitrogen and oxygen atoms in total. The number of alkyl halides is 9. The number of sulfone groups is 1. The first-order valence-electron chi connectivity index (χ1n) is 3.98. The molecule has 0 fully saturated rings. The average molecular weight is 312 g/mol. The fraction of sp³-hybridized carbons (Fsp3) is 1.00. The van der Waals surface area contributed by atoms with Gasteiger partial charge in [-0.25, -0.2) is 8.42 Å². The standard InChI is InChI=1S/C6H5F9O2S/c1-2-18(16,17)6(14,15)4(9,10)3(7,8)5(11,12)13/h2H2,1H3. The van der Waals surface area contributed by atoms with Gasteiger partial charge in [0.15, 0.2) is 0 Å². The monoisotopic (exact) mass is 312 g/mol. The Labute approximate surface area is 94.7 Å². The van der Waals surface area contributed by atoms with Crippen LogP contribution in [0.1, 0.15) is 6.92 Å². The summed E-state index contributed by atoms with van der Waals surface area (Å²) in [5.74, 6) is -16.0. The van der Waals surface area contributed by atoms with Gasteiger partial charge in [-0.3, -0.25) is 0 Å². The lowest BCUT2D eigenvalue weighted by atomic mass is 10.1. The van der Waals surface area contributed by atoms with E-state index in [9.17, 15) is 47.9 Å². The second kappa shape index (κ2) is 4.17. The maximum absolute atomic E-state index is 12.7. The molecule has 0 aromatic carbocycles. The second-order valence-electron chi connectivity index (χ2n) is 3.07. The zero-order chi connectivity index (χ0) is 15.2. The van der Waals surface area contributed by atoms with Crippen LogP contribution in [0.4, 0.5) is 39.5 Å². The van der Waals surface area contributed by atoms with Crippen LogP contribution < -0.4 is 0 Å². The van der Waals surface area contributed by atoms with Crippen molar-refractivity contribution in [3.8, 4) is 0 Å². The molecule has 0 spiro atoms. The molecule has 0 saturated heterocycles. The van der Waals surface area contributed by atoms with Crippen molar-refractivity contribution in [2.45, 2.75) is 30.2 Å². The SMILES string of the molecule is CCS(=O)(=O)C(F)(F)C(F)(F)C(F)(F)C(F)(F)F. The molecule has 0 aromatic rings. The van der Waals surface area contributed by atoms with Crippen molar-refractivity contribution >= 4 is 9.84 Å². The lowest BCUT2D eigenvalue weighted by Crippen LogP contribution is -2.63. The van der Waals surface area contributed by atoms with Gasteiger partial charge in [0.1, 0.15) is 0 Å². The Morgan fingerprint density at radius 1 is 0.778 bits per heavy atom. The lowest BCUT2D eigenvalue weighted by molar-refractivity contribution is -0.382. The van der Waals surface area contributed by atoms with Gasteiger partial charge in [-0.15, -0.1) is 0 Å². The number of halogens is 9. The maximum atomic E-state index is 12.7. The summed E-state index contributed by atoms with van der Waals surface area (Å²) in [7, 11) is -6.16. The molecule has 0 unspecified atom stereocenters. The molecule has 0 bridgehead atoms. The Kier molecular flexibility index (Phi) is 4.01. The third-order valence-corrected chi connectivity index (χ3v) is 3.68. The molecule has 0 aliphatic rings. The predicted octanol–water partition coefficient (Wildman–Crippen LogP) is 2.85. The molecule has 0 aromatic heterocycles. The fourth-order valence-corrected chi connectivity index (χ4v) is 1.62. The van der Waals surface area contributed by atoms with E-state index in [4.69, 9.17) is 0 Å². The van der Waals surface area contributed by atoms with E-state index in [1.54, 1.807) is 0 Å². The van der Waals surface area contributed by atoms with E-state index in [0.717, 1.165) is 0 Å². The Hall–Kier alpha value is -0.680. The Balaban J connectivity index is 5.96. The highest BCUT2D eigenvalue weighted by Gasteiger charge is 2.84. The largest absolute Gasteiger partial charge is 0.460 e. The minimum Gasteiger partial charge on any atom is -0.222 e. The summed E-state index contributed by atoms with van der Waals surface area (Å²) < 4.78 is 131. The summed E-state index contributed by atoms with van der Waals surface area (Å²) in [6, 6.07) is 0. The Morgan fingerprint density at radius 2 is 1.11 bits per heavy atom. The maximum Gasteiger partial charge on any atom is 0.460 e. The highest BCUT2D eigenvalue weighted by molar-refractivity contribution is 7.92. The molecular formula is C6H5F9O2S. The van der Waals surface area contributed by atoms with Crippen LogP contribution in [-0.4, -0.2) is 37.4 Å². The van der Waals surface area contributed by atoms with Gasteiger partial charge in [0.25, 0.3) is 0 Å². The molecule has 18 heavy (non-hydrogen) atoms. The van der Waals surface area contributed by atoms with Gasteiger partial charge in [0, 0.05) is 0 Å². The van der Waals surface area contributed by atoms with E-state index in [2.05, 4.69) is 0 Å². The molecule has 0 aliphatic carbocycles. The Bertz CT molecular complexity index is 407. The summed E-state index contributed by atoms with van der Waals surface area (Å²) in [4.78, 5) is 0. The predicted molar refractivity (Wildman–Crippen MR) is 40.4 cm³/mol. The van der Waals surface area contributed by atoms with E-state index in [0.29, 0.717) is 6.92 Å². The summed E-state index contributed by atoms with van der Waals surface area (Å²) >= 11 is 0. The van der Waals surface area contributed by atoms with E-state index in [-0.39, 0.29) is 0 Å². The van der Waals surface area contributed by atoms with Gasteiger partial charge in [0.05, 0.1) is 5.75 Å². The van der Waals surface area contributed by atoms with Crippen molar-refractivity contribution in [2.24, 2.45) is 0 Å². The molecule has 0 saturated carbocycles. The third kappa shape index (κ3) is 2.14. The topological polar surface area (TPSA) is 34.1 Å². The van der Waals surface area contributed by atoms with Crippen LogP contribution in [0, 0.1) is 0 Å². The van der Waals surface area contributed by atoms with Crippen LogP contribution >= 0.6 is 0 Å². The summed E-state index contributed by atoms with van der Waals surface area (Å²) in [6.45, 7) is 0.394. The minimum atomic E-state index is -7.19. The van der Waals surface area contributed by atoms with Crippen molar-refractivity contribution in [2.75, 3.05) is 5.75 Å². The summed E-state index contributed by atoms with van der Waals surface area (Å²) in [5, 5.41) is -6.55. The van der Waals surface area contributed by atoms with Crippen LogP contribution in [0.3, 0.4) is 0 Å². The molecule has 0 amide bonds. The first kappa shape index (κ1) is 17.3. The van der Waals surface area contributed by atoms with Crippen molar-refractivity contribution < 1.29 is 47.9 Å². The zero-order valence-corrected chi connectivity index (χ0v) is 9.15. The van der Waals surface area contributed by atoms with Crippen LogP contribution in [-0.2, 0) is 9.84 Å². The van der Waals surface area contributed by atoms with Gasteiger partial charge < -0.3 is 0 Å². The Morgan fingerprint density at radius 3 is 1.33 bits per heavy atom. The van der Waals surface area contributed by atoms with Crippen molar-refractivity contribution in [3.05, 3.63) is 0 Å². The van der Waals surface area contributed by atoms with E-state index >= 15 is 0 Å².